The van der Waals surface area contributed by atoms with Gasteiger partial charge >= 0.3 is 0 Å². The summed E-state index contributed by atoms with van der Waals surface area (Å²) in [5.74, 6) is 0.717. The van der Waals surface area contributed by atoms with E-state index in [1.807, 2.05) is 12.1 Å². The van der Waals surface area contributed by atoms with E-state index in [9.17, 15) is 9.90 Å². The second-order valence-corrected chi connectivity index (χ2v) is 7.18. The number of rotatable bonds is 10. The van der Waals surface area contributed by atoms with E-state index in [-0.39, 0.29) is 12.5 Å². The molecule has 0 aliphatic carbocycles. The molecule has 0 saturated carbocycles. The first-order valence-corrected chi connectivity index (χ1v) is 10.2. The van der Waals surface area contributed by atoms with Gasteiger partial charge in [-0.1, -0.05) is 12.1 Å². The number of piperazine rings is 1. The topological polar surface area (TPSA) is 86.7 Å². The van der Waals surface area contributed by atoms with E-state index < -0.39 is 0 Å². The number of ether oxygens (including phenoxy) is 1. The molecule has 1 unspecified atom stereocenters. The molecule has 2 aromatic rings. The van der Waals surface area contributed by atoms with Gasteiger partial charge in [0.2, 0.25) is 0 Å². The van der Waals surface area contributed by atoms with Crippen molar-refractivity contribution in [3.63, 3.8) is 0 Å². The molecule has 1 saturated heterocycles. The van der Waals surface area contributed by atoms with Crippen LogP contribution in [0.3, 0.4) is 0 Å². The Labute approximate surface area is 172 Å². The van der Waals surface area contributed by atoms with Crippen molar-refractivity contribution >= 4 is 5.91 Å². The summed E-state index contributed by atoms with van der Waals surface area (Å²) in [5.41, 5.74) is 1.81. The maximum absolute atomic E-state index is 11.9. The lowest BCUT2D eigenvalue weighted by molar-refractivity contribution is 0.0951. The lowest BCUT2D eigenvalue weighted by atomic mass is 10.1. The Hall–Kier alpha value is -2.48. The van der Waals surface area contributed by atoms with Crippen molar-refractivity contribution in [2.75, 3.05) is 39.4 Å². The summed E-state index contributed by atoms with van der Waals surface area (Å²) in [4.78, 5) is 18.3. The third-order valence-corrected chi connectivity index (χ3v) is 5.04. The van der Waals surface area contributed by atoms with Crippen LogP contribution in [0.5, 0.6) is 5.75 Å². The number of aliphatic hydroxyl groups is 1. The van der Waals surface area contributed by atoms with Gasteiger partial charge in [0, 0.05) is 57.8 Å². The van der Waals surface area contributed by atoms with Crippen LogP contribution in [0, 0.1) is 0 Å². The highest BCUT2D eigenvalue weighted by Gasteiger charge is 2.21. The number of nitrogens with one attached hydrogen (secondary N) is 2. The molecule has 1 aromatic carbocycles. The van der Waals surface area contributed by atoms with Gasteiger partial charge in [-0.3, -0.25) is 14.7 Å². The third-order valence-electron chi connectivity index (χ3n) is 5.04. The monoisotopic (exact) mass is 398 g/mol. The number of carbonyl (C=O) groups is 1. The first-order chi connectivity index (χ1) is 14.3. The van der Waals surface area contributed by atoms with E-state index in [1.165, 1.54) is 5.56 Å². The highest BCUT2D eigenvalue weighted by Crippen LogP contribution is 2.16. The fraction of sp³-hybridized carbons (Fsp3) is 0.455. The number of aromatic nitrogens is 1. The van der Waals surface area contributed by atoms with Gasteiger partial charge < -0.3 is 20.5 Å². The SMILES string of the molecule is O=C(NCCCOc1ccc(CN2CCNCC2CCO)cc1)c1cccnc1. The summed E-state index contributed by atoms with van der Waals surface area (Å²) in [6, 6.07) is 12.0. The molecule has 1 atom stereocenters. The van der Waals surface area contributed by atoms with Crippen LogP contribution in [0.1, 0.15) is 28.8 Å². The molecule has 29 heavy (non-hydrogen) atoms. The van der Waals surface area contributed by atoms with E-state index in [1.54, 1.807) is 24.5 Å². The Bertz CT molecular complexity index is 737. The summed E-state index contributed by atoms with van der Waals surface area (Å²) in [7, 11) is 0. The van der Waals surface area contributed by atoms with Crippen molar-refractivity contribution < 1.29 is 14.6 Å². The summed E-state index contributed by atoms with van der Waals surface area (Å²) < 4.78 is 5.78. The molecule has 0 spiro atoms. The zero-order chi connectivity index (χ0) is 20.3. The van der Waals surface area contributed by atoms with Crippen molar-refractivity contribution in [1.82, 2.24) is 20.5 Å². The van der Waals surface area contributed by atoms with Crippen LogP contribution in [0.25, 0.3) is 0 Å². The molecule has 2 heterocycles. The largest absolute Gasteiger partial charge is 0.494 e. The quantitative estimate of drug-likeness (QED) is 0.525. The fourth-order valence-electron chi connectivity index (χ4n) is 3.43. The van der Waals surface area contributed by atoms with E-state index in [2.05, 4.69) is 32.7 Å². The van der Waals surface area contributed by atoms with Crippen LogP contribution in [0.2, 0.25) is 0 Å². The van der Waals surface area contributed by atoms with E-state index in [0.29, 0.717) is 24.8 Å². The van der Waals surface area contributed by atoms with Crippen molar-refractivity contribution in [3.8, 4) is 5.75 Å². The summed E-state index contributed by atoms with van der Waals surface area (Å²) in [6.45, 7) is 5.11. The maximum Gasteiger partial charge on any atom is 0.252 e. The predicted molar refractivity (Wildman–Crippen MR) is 112 cm³/mol. The van der Waals surface area contributed by atoms with Gasteiger partial charge in [-0.05, 0) is 42.7 Å². The second-order valence-electron chi connectivity index (χ2n) is 7.18. The average Bonchev–Trinajstić information content (AvgIpc) is 2.76. The third kappa shape index (κ3) is 6.81. The highest BCUT2D eigenvalue weighted by atomic mass is 16.5. The van der Waals surface area contributed by atoms with Crippen molar-refractivity contribution in [2.24, 2.45) is 0 Å². The van der Waals surface area contributed by atoms with Gasteiger partial charge in [0.25, 0.3) is 5.91 Å². The van der Waals surface area contributed by atoms with Crippen LogP contribution in [-0.2, 0) is 6.54 Å². The van der Waals surface area contributed by atoms with Crippen molar-refractivity contribution in [2.45, 2.75) is 25.4 Å². The minimum atomic E-state index is -0.116. The van der Waals surface area contributed by atoms with Gasteiger partial charge in [0.05, 0.1) is 12.2 Å². The molecular formula is C22H30N4O3. The van der Waals surface area contributed by atoms with Gasteiger partial charge in [-0.2, -0.15) is 0 Å². The molecule has 0 bridgehead atoms. The molecule has 1 amide bonds. The number of nitrogens with zero attached hydrogens (tertiary/aromatic N) is 2. The van der Waals surface area contributed by atoms with E-state index in [4.69, 9.17) is 4.74 Å². The van der Waals surface area contributed by atoms with E-state index >= 15 is 0 Å². The number of carbonyl (C=O) groups excluding carboxylic acids is 1. The smallest absolute Gasteiger partial charge is 0.252 e. The summed E-state index contributed by atoms with van der Waals surface area (Å²) in [6.07, 6.45) is 4.73. The second kappa shape index (κ2) is 11.5. The molecule has 156 valence electrons. The Morgan fingerprint density at radius 2 is 2.17 bits per heavy atom. The van der Waals surface area contributed by atoms with Crippen LogP contribution >= 0.6 is 0 Å². The molecule has 1 aromatic heterocycles. The zero-order valence-electron chi connectivity index (χ0n) is 16.7. The Kier molecular flexibility index (Phi) is 8.42. The number of hydrogen-bond acceptors (Lipinski definition) is 6. The van der Waals surface area contributed by atoms with E-state index in [0.717, 1.165) is 44.8 Å². The molecule has 7 nitrogen and oxygen atoms in total. The van der Waals surface area contributed by atoms with Gasteiger partial charge in [-0.15, -0.1) is 0 Å². The number of benzene rings is 1. The maximum atomic E-state index is 11.9. The lowest BCUT2D eigenvalue weighted by Gasteiger charge is -2.36. The fourth-order valence-corrected chi connectivity index (χ4v) is 3.43. The lowest BCUT2D eigenvalue weighted by Crippen LogP contribution is -2.51. The van der Waals surface area contributed by atoms with Gasteiger partial charge in [-0.25, -0.2) is 0 Å². The molecule has 1 aliphatic heterocycles. The van der Waals surface area contributed by atoms with Crippen LogP contribution in [0.4, 0.5) is 0 Å². The average molecular weight is 399 g/mol. The first kappa shape index (κ1) is 21.2. The number of aliphatic hydroxyl groups excluding tert-OH is 1. The number of pyridine rings is 1. The number of hydrogen-bond donors (Lipinski definition) is 3. The standard InChI is InChI=1S/C22H30N4O3/c27-13-8-20-16-24-11-12-26(20)17-18-4-6-21(7-5-18)29-14-2-10-25-22(28)19-3-1-9-23-15-19/h1,3-7,9,15,20,24,27H,2,8,10-14,16-17H2,(H,25,28). The predicted octanol–water partition coefficient (Wildman–Crippen LogP) is 1.44. The molecule has 0 radical (unpaired) electrons. The first-order valence-electron chi connectivity index (χ1n) is 10.2. The normalized spacial score (nSPS) is 17.1. The van der Waals surface area contributed by atoms with Crippen LogP contribution in [-0.4, -0.2) is 66.3 Å². The molecule has 3 rings (SSSR count). The Morgan fingerprint density at radius 1 is 1.31 bits per heavy atom. The molecule has 7 heteroatoms. The molecule has 1 aliphatic rings. The Balaban J connectivity index is 1.36. The minimum absolute atomic E-state index is 0.116. The van der Waals surface area contributed by atoms with Gasteiger partial charge in [0.1, 0.15) is 5.75 Å². The molecule has 1 fully saturated rings. The van der Waals surface area contributed by atoms with Crippen molar-refractivity contribution in [1.29, 1.82) is 0 Å². The molecular weight excluding hydrogens is 368 g/mol. The Morgan fingerprint density at radius 3 is 2.93 bits per heavy atom. The zero-order valence-corrected chi connectivity index (χ0v) is 16.7. The number of amides is 1. The summed E-state index contributed by atoms with van der Waals surface area (Å²) in [5, 5.41) is 15.5. The van der Waals surface area contributed by atoms with Crippen LogP contribution < -0.4 is 15.4 Å². The minimum Gasteiger partial charge on any atom is -0.494 e. The summed E-state index contributed by atoms with van der Waals surface area (Å²) >= 11 is 0. The highest BCUT2D eigenvalue weighted by molar-refractivity contribution is 5.93. The molecule has 3 N–H and O–H groups in total. The van der Waals surface area contributed by atoms with Crippen LogP contribution in [0.15, 0.2) is 48.8 Å². The van der Waals surface area contributed by atoms with Crippen molar-refractivity contribution in [3.05, 3.63) is 59.9 Å². The van der Waals surface area contributed by atoms with Gasteiger partial charge in [0.15, 0.2) is 0 Å².